The molecule has 0 aromatic rings. The summed E-state index contributed by atoms with van der Waals surface area (Å²) in [5, 5.41) is 9.22. The van der Waals surface area contributed by atoms with Crippen molar-refractivity contribution in [2.45, 2.75) is 38.1 Å². The molecule has 88 valence electrons. The number of piperidine rings is 1. The van der Waals surface area contributed by atoms with Crippen LogP contribution in [0.5, 0.6) is 0 Å². The summed E-state index contributed by atoms with van der Waals surface area (Å²) in [6, 6.07) is 0.454. The molecule has 0 bridgehead atoms. The molecule has 0 aromatic carbocycles. The van der Waals surface area contributed by atoms with Crippen LogP contribution in [-0.2, 0) is 0 Å². The third-order valence-corrected chi connectivity index (χ3v) is 3.86. The highest BCUT2D eigenvalue weighted by atomic mass is 16.3. The highest BCUT2D eigenvalue weighted by molar-refractivity contribution is 4.79. The van der Waals surface area contributed by atoms with Gasteiger partial charge in [0, 0.05) is 19.1 Å². The van der Waals surface area contributed by atoms with Gasteiger partial charge in [0.2, 0.25) is 0 Å². The third kappa shape index (κ3) is 3.16. The van der Waals surface area contributed by atoms with Crippen molar-refractivity contribution in [1.82, 2.24) is 9.80 Å². The number of rotatable bonds is 4. The fraction of sp³-hybridized carbons (Fsp3) is 1.00. The maximum atomic E-state index is 9.22. The monoisotopic (exact) mass is 212 g/mol. The van der Waals surface area contributed by atoms with Gasteiger partial charge in [0.1, 0.15) is 0 Å². The number of hydrogen-bond donors (Lipinski definition) is 1. The summed E-state index contributed by atoms with van der Waals surface area (Å²) in [5.74, 6) is 0. The number of aliphatic hydroxyl groups excluding tert-OH is 1. The van der Waals surface area contributed by atoms with Crippen LogP contribution in [0.2, 0.25) is 0 Å². The molecule has 1 N–H and O–H groups in total. The average Bonchev–Trinajstić information content (AvgIpc) is 2.75. The van der Waals surface area contributed by atoms with E-state index in [1.165, 1.54) is 58.3 Å². The normalized spacial score (nSPS) is 29.8. The van der Waals surface area contributed by atoms with Gasteiger partial charge in [-0.05, 0) is 45.3 Å². The van der Waals surface area contributed by atoms with Crippen LogP contribution in [0.4, 0.5) is 0 Å². The molecule has 3 nitrogen and oxygen atoms in total. The lowest BCUT2D eigenvalue weighted by molar-refractivity contribution is 0.134. The number of hydrogen-bond acceptors (Lipinski definition) is 3. The molecule has 2 fully saturated rings. The molecule has 2 rings (SSSR count). The Hall–Kier alpha value is -0.120. The summed E-state index contributed by atoms with van der Waals surface area (Å²) < 4.78 is 0. The van der Waals surface area contributed by atoms with Crippen molar-refractivity contribution in [3.63, 3.8) is 0 Å². The maximum Gasteiger partial charge on any atom is 0.0586 e. The summed E-state index contributed by atoms with van der Waals surface area (Å²) >= 11 is 0. The van der Waals surface area contributed by atoms with E-state index >= 15 is 0 Å². The van der Waals surface area contributed by atoms with Gasteiger partial charge < -0.3 is 10.0 Å². The van der Waals surface area contributed by atoms with E-state index in [0.717, 1.165) is 6.54 Å². The Morgan fingerprint density at radius 3 is 2.47 bits per heavy atom. The summed E-state index contributed by atoms with van der Waals surface area (Å²) in [6.07, 6.45) is 6.63. The van der Waals surface area contributed by atoms with E-state index in [-0.39, 0.29) is 0 Å². The van der Waals surface area contributed by atoms with Gasteiger partial charge in [0.25, 0.3) is 0 Å². The molecule has 0 unspecified atom stereocenters. The Bertz CT molecular complexity index is 180. The lowest BCUT2D eigenvalue weighted by atomic mass is 10.1. The van der Waals surface area contributed by atoms with Gasteiger partial charge >= 0.3 is 0 Å². The largest absolute Gasteiger partial charge is 0.395 e. The number of nitrogens with zero attached hydrogens (tertiary/aromatic N) is 2. The van der Waals surface area contributed by atoms with E-state index in [9.17, 15) is 5.11 Å². The molecule has 0 saturated carbocycles. The number of likely N-dealkylation sites (tertiary alicyclic amines) is 2. The van der Waals surface area contributed by atoms with Crippen LogP contribution in [0.15, 0.2) is 0 Å². The van der Waals surface area contributed by atoms with Crippen LogP contribution < -0.4 is 0 Å². The van der Waals surface area contributed by atoms with E-state index in [0.29, 0.717) is 12.6 Å². The van der Waals surface area contributed by atoms with Crippen LogP contribution in [0.3, 0.4) is 0 Å². The summed E-state index contributed by atoms with van der Waals surface area (Å²) in [4.78, 5) is 5.05. The molecule has 2 saturated heterocycles. The van der Waals surface area contributed by atoms with Crippen molar-refractivity contribution in [1.29, 1.82) is 0 Å². The SMILES string of the molecule is OC[C@H]1CCCN1CCN1CCCCC1. The molecule has 2 heterocycles. The van der Waals surface area contributed by atoms with E-state index in [1.807, 2.05) is 0 Å². The lowest BCUT2D eigenvalue weighted by Crippen LogP contribution is -2.40. The second kappa shape index (κ2) is 5.83. The van der Waals surface area contributed by atoms with E-state index in [2.05, 4.69) is 9.80 Å². The average molecular weight is 212 g/mol. The first-order chi connectivity index (χ1) is 7.40. The zero-order valence-electron chi connectivity index (χ0n) is 9.70. The van der Waals surface area contributed by atoms with Gasteiger partial charge in [-0.25, -0.2) is 0 Å². The molecule has 0 aromatic heterocycles. The van der Waals surface area contributed by atoms with E-state index in [4.69, 9.17) is 0 Å². The van der Waals surface area contributed by atoms with Gasteiger partial charge in [0.05, 0.1) is 6.61 Å². The first kappa shape index (κ1) is 11.4. The zero-order chi connectivity index (χ0) is 10.5. The zero-order valence-corrected chi connectivity index (χ0v) is 9.70. The van der Waals surface area contributed by atoms with Gasteiger partial charge in [-0.3, -0.25) is 4.90 Å². The van der Waals surface area contributed by atoms with Gasteiger partial charge in [0.15, 0.2) is 0 Å². The Labute approximate surface area is 93.1 Å². The molecular formula is C12H24N2O. The van der Waals surface area contributed by atoms with Crippen LogP contribution in [0, 0.1) is 0 Å². The van der Waals surface area contributed by atoms with Crippen molar-refractivity contribution in [2.75, 3.05) is 39.3 Å². The molecule has 0 radical (unpaired) electrons. The smallest absolute Gasteiger partial charge is 0.0586 e. The third-order valence-electron chi connectivity index (χ3n) is 3.86. The number of aliphatic hydroxyl groups is 1. The summed E-state index contributed by atoms with van der Waals surface area (Å²) in [5.41, 5.74) is 0. The van der Waals surface area contributed by atoms with Crippen molar-refractivity contribution < 1.29 is 5.11 Å². The molecule has 2 aliphatic rings. The standard InChI is InChI=1S/C12H24N2O/c15-11-12-5-4-8-14(12)10-9-13-6-2-1-3-7-13/h12,15H,1-11H2/t12-/m1/s1. The summed E-state index contributed by atoms with van der Waals surface area (Å²) in [6.45, 7) is 6.48. The molecule has 0 amide bonds. The first-order valence-electron chi connectivity index (χ1n) is 6.47. The van der Waals surface area contributed by atoms with E-state index in [1.54, 1.807) is 0 Å². The topological polar surface area (TPSA) is 26.7 Å². The fourth-order valence-electron chi connectivity index (χ4n) is 2.85. The minimum absolute atomic E-state index is 0.347. The van der Waals surface area contributed by atoms with Crippen LogP contribution in [0.25, 0.3) is 0 Å². The molecular weight excluding hydrogens is 188 g/mol. The maximum absolute atomic E-state index is 9.22. The Morgan fingerprint density at radius 1 is 0.933 bits per heavy atom. The van der Waals surface area contributed by atoms with Crippen molar-refractivity contribution in [2.24, 2.45) is 0 Å². The van der Waals surface area contributed by atoms with Crippen LogP contribution >= 0.6 is 0 Å². The predicted molar refractivity (Wildman–Crippen MR) is 62.0 cm³/mol. The van der Waals surface area contributed by atoms with E-state index < -0.39 is 0 Å². The van der Waals surface area contributed by atoms with Crippen molar-refractivity contribution in [3.8, 4) is 0 Å². The Kier molecular flexibility index (Phi) is 4.42. The minimum atomic E-state index is 0.347. The lowest BCUT2D eigenvalue weighted by Gasteiger charge is -2.30. The van der Waals surface area contributed by atoms with Crippen LogP contribution in [-0.4, -0.2) is 60.3 Å². The quantitative estimate of drug-likeness (QED) is 0.751. The first-order valence-corrected chi connectivity index (χ1v) is 6.47. The molecule has 0 spiro atoms. The minimum Gasteiger partial charge on any atom is -0.395 e. The van der Waals surface area contributed by atoms with Gasteiger partial charge in [-0.2, -0.15) is 0 Å². The molecule has 1 atom stereocenters. The summed E-state index contributed by atoms with van der Waals surface area (Å²) in [7, 11) is 0. The predicted octanol–water partition coefficient (Wildman–Crippen LogP) is 0.929. The van der Waals surface area contributed by atoms with Crippen molar-refractivity contribution in [3.05, 3.63) is 0 Å². The second-order valence-electron chi connectivity index (χ2n) is 4.92. The van der Waals surface area contributed by atoms with Gasteiger partial charge in [-0.15, -0.1) is 0 Å². The molecule has 15 heavy (non-hydrogen) atoms. The molecule has 2 aliphatic heterocycles. The Balaban J connectivity index is 1.67. The Morgan fingerprint density at radius 2 is 1.73 bits per heavy atom. The highest BCUT2D eigenvalue weighted by Crippen LogP contribution is 2.16. The fourth-order valence-corrected chi connectivity index (χ4v) is 2.85. The second-order valence-corrected chi connectivity index (χ2v) is 4.92. The molecule has 3 heteroatoms. The van der Waals surface area contributed by atoms with Crippen LogP contribution in [0.1, 0.15) is 32.1 Å². The highest BCUT2D eigenvalue weighted by Gasteiger charge is 2.23. The molecule has 0 aliphatic carbocycles. The van der Waals surface area contributed by atoms with Gasteiger partial charge in [-0.1, -0.05) is 6.42 Å². The van der Waals surface area contributed by atoms with Crippen molar-refractivity contribution >= 4 is 0 Å².